The highest BCUT2D eigenvalue weighted by molar-refractivity contribution is 5.80. The van der Waals surface area contributed by atoms with E-state index in [0.717, 1.165) is 11.7 Å². The molecule has 2 aromatic rings. The van der Waals surface area contributed by atoms with Crippen molar-refractivity contribution in [2.24, 2.45) is 4.99 Å². The maximum absolute atomic E-state index is 5.16. The van der Waals surface area contributed by atoms with Crippen LogP contribution in [-0.4, -0.2) is 20.1 Å². The molecule has 0 saturated carbocycles. The van der Waals surface area contributed by atoms with E-state index in [1.165, 1.54) is 11.1 Å². The summed E-state index contributed by atoms with van der Waals surface area (Å²) in [6, 6.07) is 18.5. The minimum Gasteiger partial charge on any atom is -0.497 e. The van der Waals surface area contributed by atoms with Crippen molar-refractivity contribution in [1.82, 2.24) is 10.6 Å². The first-order valence-corrected chi connectivity index (χ1v) is 7.38. The summed E-state index contributed by atoms with van der Waals surface area (Å²) in [7, 11) is 3.45. The Morgan fingerprint density at radius 2 is 1.77 bits per heavy atom. The molecule has 2 aromatic carbocycles. The van der Waals surface area contributed by atoms with Gasteiger partial charge in [0.1, 0.15) is 5.75 Å². The van der Waals surface area contributed by atoms with Crippen molar-refractivity contribution in [2.45, 2.75) is 19.5 Å². The third kappa shape index (κ3) is 4.52. The molecule has 4 heteroatoms. The standard InChI is InChI=1S/C18H23N3O/c1-14(16-7-5-4-6-8-16)21-18(19-2)20-13-15-9-11-17(22-3)12-10-15/h4-12,14H,13H2,1-3H3,(H2,19,20,21). The molecule has 0 aliphatic carbocycles. The quantitative estimate of drug-likeness (QED) is 0.658. The van der Waals surface area contributed by atoms with Crippen molar-refractivity contribution in [3.05, 3.63) is 65.7 Å². The Labute approximate surface area is 132 Å². The van der Waals surface area contributed by atoms with Crippen LogP contribution in [0.15, 0.2) is 59.6 Å². The predicted octanol–water partition coefficient (Wildman–Crippen LogP) is 3.12. The molecule has 0 heterocycles. The van der Waals surface area contributed by atoms with Crippen molar-refractivity contribution in [3.63, 3.8) is 0 Å². The highest BCUT2D eigenvalue weighted by Gasteiger charge is 2.07. The zero-order valence-electron chi connectivity index (χ0n) is 13.3. The van der Waals surface area contributed by atoms with Crippen LogP contribution < -0.4 is 15.4 Å². The topological polar surface area (TPSA) is 45.7 Å². The fourth-order valence-electron chi connectivity index (χ4n) is 2.15. The van der Waals surface area contributed by atoms with Gasteiger partial charge in [0.15, 0.2) is 5.96 Å². The van der Waals surface area contributed by atoms with Gasteiger partial charge in [-0.25, -0.2) is 0 Å². The summed E-state index contributed by atoms with van der Waals surface area (Å²) in [6.45, 7) is 2.83. The van der Waals surface area contributed by atoms with Gasteiger partial charge < -0.3 is 15.4 Å². The number of nitrogens with zero attached hydrogens (tertiary/aromatic N) is 1. The van der Waals surface area contributed by atoms with Crippen molar-refractivity contribution in [2.75, 3.05) is 14.2 Å². The second kappa shape index (κ2) is 8.08. The van der Waals surface area contributed by atoms with Gasteiger partial charge in [-0.1, -0.05) is 42.5 Å². The summed E-state index contributed by atoms with van der Waals surface area (Å²) in [5.41, 5.74) is 2.41. The van der Waals surface area contributed by atoms with Gasteiger partial charge in [-0.05, 0) is 30.2 Å². The average Bonchev–Trinajstić information content (AvgIpc) is 2.59. The molecule has 4 nitrogen and oxygen atoms in total. The normalized spacial score (nSPS) is 12.6. The second-order valence-corrected chi connectivity index (χ2v) is 5.05. The van der Waals surface area contributed by atoms with E-state index < -0.39 is 0 Å². The number of guanidine groups is 1. The fourth-order valence-corrected chi connectivity index (χ4v) is 2.15. The molecule has 0 aliphatic heterocycles. The van der Waals surface area contributed by atoms with E-state index in [1.807, 2.05) is 42.5 Å². The van der Waals surface area contributed by atoms with Crippen LogP contribution in [0.1, 0.15) is 24.1 Å². The van der Waals surface area contributed by atoms with Crippen LogP contribution in [0.2, 0.25) is 0 Å². The van der Waals surface area contributed by atoms with Crippen LogP contribution in [0.5, 0.6) is 5.75 Å². The summed E-state index contributed by atoms with van der Waals surface area (Å²) in [5, 5.41) is 6.71. The Bertz CT molecular complexity index is 593. The Morgan fingerprint density at radius 3 is 2.36 bits per heavy atom. The van der Waals surface area contributed by atoms with Crippen LogP contribution in [0.25, 0.3) is 0 Å². The van der Waals surface area contributed by atoms with Crippen LogP contribution in [0.3, 0.4) is 0 Å². The van der Waals surface area contributed by atoms with Gasteiger partial charge in [0, 0.05) is 13.6 Å². The van der Waals surface area contributed by atoms with Gasteiger partial charge in [-0.2, -0.15) is 0 Å². The lowest BCUT2D eigenvalue weighted by molar-refractivity contribution is 0.414. The van der Waals surface area contributed by atoms with E-state index in [-0.39, 0.29) is 6.04 Å². The smallest absolute Gasteiger partial charge is 0.191 e. The minimum atomic E-state index is 0.197. The van der Waals surface area contributed by atoms with E-state index in [1.54, 1.807) is 14.2 Å². The molecular formula is C18H23N3O. The van der Waals surface area contributed by atoms with E-state index in [2.05, 4.69) is 34.7 Å². The van der Waals surface area contributed by atoms with Gasteiger partial charge in [-0.3, -0.25) is 4.99 Å². The van der Waals surface area contributed by atoms with E-state index in [0.29, 0.717) is 6.54 Å². The zero-order chi connectivity index (χ0) is 15.8. The maximum atomic E-state index is 5.16. The number of ether oxygens (including phenoxy) is 1. The van der Waals surface area contributed by atoms with Crippen LogP contribution in [-0.2, 0) is 6.54 Å². The number of benzene rings is 2. The van der Waals surface area contributed by atoms with Crippen LogP contribution in [0, 0.1) is 0 Å². The first-order chi connectivity index (χ1) is 10.7. The lowest BCUT2D eigenvalue weighted by Crippen LogP contribution is -2.38. The Hall–Kier alpha value is -2.49. The van der Waals surface area contributed by atoms with Gasteiger partial charge in [0.25, 0.3) is 0 Å². The van der Waals surface area contributed by atoms with E-state index >= 15 is 0 Å². The highest BCUT2D eigenvalue weighted by atomic mass is 16.5. The van der Waals surface area contributed by atoms with Crippen molar-refractivity contribution < 1.29 is 4.74 Å². The number of hydrogen-bond acceptors (Lipinski definition) is 2. The van der Waals surface area contributed by atoms with E-state index in [4.69, 9.17) is 4.74 Å². The summed E-state index contributed by atoms with van der Waals surface area (Å²) in [4.78, 5) is 4.27. The van der Waals surface area contributed by atoms with E-state index in [9.17, 15) is 0 Å². The molecule has 0 bridgehead atoms. The third-order valence-electron chi connectivity index (χ3n) is 3.50. The first-order valence-electron chi connectivity index (χ1n) is 7.38. The molecule has 1 unspecified atom stereocenters. The average molecular weight is 297 g/mol. The molecule has 0 aliphatic rings. The Morgan fingerprint density at radius 1 is 1.09 bits per heavy atom. The fraction of sp³-hybridized carbons (Fsp3) is 0.278. The van der Waals surface area contributed by atoms with Crippen molar-refractivity contribution >= 4 is 5.96 Å². The number of aliphatic imine (C=N–C) groups is 1. The zero-order valence-corrected chi connectivity index (χ0v) is 13.3. The molecule has 22 heavy (non-hydrogen) atoms. The van der Waals surface area contributed by atoms with Crippen molar-refractivity contribution in [1.29, 1.82) is 0 Å². The Balaban J connectivity index is 1.89. The molecule has 0 aromatic heterocycles. The number of nitrogens with one attached hydrogen (secondary N) is 2. The molecule has 0 saturated heterocycles. The Kier molecular flexibility index (Phi) is 5.83. The molecule has 0 fully saturated rings. The molecule has 0 amide bonds. The molecule has 1 atom stereocenters. The highest BCUT2D eigenvalue weighted by Crippen LogP contribution is 2.12. The summed E-state index contributed by atoms with van der Waals surface area (Å²) >= 11 is 0. The van der Waals surface area contributed by atoms with Gasteiger partial charge in [-0.15, -0.1) is 0 Å². The number of methoxy groups -OCH3 is 1. The van der Waals surface area contributed by atoms with Gasteiger partial charge >= 0.3 is 0 Å². The first kappa shape index (κ1) is 15.9. The lowest BCUT2D eigenvalue weighted by atomic mass is 10.1. The molecule has 2 N–H and O–H groups in total. The third-order valence-corrected chi connectivity index (χ3v) is 3.50. The predicted molar refractivity (Wildman–Crippen MR) is 91.2 cm³/mol. The monoisotopic (exact) mass is 297 g/mol. The summed E-state index contributed by atoms with van der Waals surface area (Å²) in [5.74, 6) is 1.65. The maximum Gasteiger partial charge on any atom is 0.191 e. The van der Waals surface area contributed by atoms with Crippen molar-refractivity contribution in [3.8, 4) is 5.75 Å². The van der Waals surface area contributed by atoms with Crippen LogP contribution in [0.4, 0.5) is 0 Å². The molecular weight excluding hydrogens is 274 g/mol. The second-order valence-electron chi connectivity index (χ2n) is 5.05. The number of rotatable bonds is 5. The number of hydrogen-bond donors (Lipinski definition) is 2. The van der Waals surface area contributed by atoms with Gasteiger partial charge in [0.05, 0.1) is 13.2 Å². The molecule has 0 spiro atoms. The lowest BCUT2D eigenvalue weighted by Gasteiger charge is -2.18. The minimum absolute atomic E-state index is 0.197. The molecule has 0 radical (unpaired) electrons. The SMILES string of the molecule is CN=C(NCc1ccc(OC)cc1)NC(C)c1ccccc1. The molecule has 2 rings (SSSR count). The largest absolute Gasteiger partial charge is 0.497 e. The summed E-state index contributed by atoms with van der Waals surface area (Å²) < 4.78 is 5.16. The van der Waals surface area contributed by atoms with Gasteiger partial charge in [0.2, 0.25) is 0 Å². The van der Waals surface area contributed by atoms with Crippen LogP contribution >= 0.6 is 0 Å². The molecule has 116 valence electrons. The summed E-state index contributed by atoms with van der Waals surface area (Å²) in [6.07, 6.45) is 0.